The summed E-state index contributed by atoms with van der Waals surface area (Å²) in [6.45, 7) is 0. The van der Waals surface area contributed by atoms with Gasteiger partial charge in [0, 0.05) is 6.42 Å². The van der Waals surface area contributed by atoms with Gasteiger partial charge in [0.05, 0.1) is 13.0 Å². The molecule has 0 bridgehead atoms. The van der Waals surface area contributed by atoms with Gasteiger partial charge in [-0.15, -0.1) is 0 Å². The average molecular weight is 222 g/mol. The smallest absolute Gasteiger partial charge is 0.307 e. The van der Waals surface area contributed by atoms with Crippen LogP contribution in [0.15, 0.2) is 24.3 Å². The van der Waals surface area contributed by atoms with Crippen LogP contribution in [0.3, 0.4) is 0 Å². The van der Waals surface area contributed by atoms with Gasteiger partial charge in [0.15, 0.2) is 0 Å². The second-order valence-electron chi connectivity index (χ2n) is 3.49. The van der Waals surface area contributed by atoms with Crippen molar-refractivity contribution in [2.45, 2.75) is 12.8 Å². The Labute approximate surface area is 93.9 Å². The van der Waals surface area contributed by atoms with E-state index in [1.807, 2.05) is 6.07 Å². The summed E-state index contributed by atoms with van der Waals surface area (Å²) in [5.74, 6) is -0.924. The van der Waals surface area contributed by atoms with Crippen LogP contribution in [0.2, 0.25) is 0 Å². The summed E-state index contributed by atoms with van der Waals surface area (Å²) >= 11 is 0. The third-order valence-electron chi connectivity index (χ3n) is 2.35. The predicted molar refractivity (Wildman–Crippen MR) is 58.5 cm³/mol. The summed E-state index contributed by atoms with van der Waals surface area (Å²) in [7, 11) is 1.55. The first-order valence-corrected chi connectivity index (χ1v) is 4.96. The van der Waals surface area contributed by atoms with E-state index in [9.17, 15) is 9.59 Å². The lowest BCUT2D eigenvalue weighted by Gasteiger charge is -2.09. The van der Waals surface area contributed by atoms with Crippen LogP contribution in [0.5, 0.6) is 5.75 Å². The van der Waals surface area contributed by atoms with E-state index >= 15 is 0 Å². The Morgan fingerprint density at radius 3 is 2.88 bits per heavy atom. The van der Waals surface area contributed by atoms with E-state index in [1.165, 1.54) is 0 Å². The molecule has 1 aromatic carbocycles. The molecule has 0 radical (unpaired) electrons. The zero-order valence-electron chi connectivity index (χ0n) is 9.05. The van der Waals surface area contributed by atoms with E-state index < -0.39 is 11.9 Å². The monoisotopic (exact) mass is 222 g/mol. The number of ether oxygens (including phenoxy) is 1. The zero-order chi connectivity index (χ0) is 12.0. The normalized spacial score (nSPS) is 11.8. The zero-order valence-corrected chi connectivity index (χ0v) is 9.05. The second kappa shape index (κ2) is 5.90. The molecule has 0 aliphatic rings. The highest BCUT2D eigenvalue weighted by atomic mass is 16.5. The van der Waals surface area contributed by atoms with E-state index in [2.05, 4.69) is 0 Å². The molecule has 4 nitrogen and oxygen atoms in total. The highest BCUT2D eigenvalue weighted by Gasteiger charge is 2.17. The number of benzene rings is 1. The van der Waals surface area contributed by atoms with Gasteiger partial charge in [-0.3, -0.25) is 4.79 Å². The molecule has 0 amide bonds. The van der Waals surface area contributed by atoms with Crippen molar-refractivity contribution in [3.8, 4) is 5.75 Å². The van der Waals surface area contributed by atoms with E-state index in [1.54, 1.807) is 25.3 Å². The fourth-order valence-corrected chi connectivity index (χ4v) is 1.47. The summed E-state index contributed by atoms with van der Waals surface area (Å²) < 4.78 is 5.04. The molecular weight excluding hydrogens is 208 g/mol. The maximum atomic E-state index is 10.9. The van der Waals surface area contributed by atoms with Crippen LogP contribution < -0.4 is 4.74 Å². The van der Waals surface area contributed by atoms with E-state index in [4.69, 9.17) is 9.84 Å². The SMILES string of the molecule is COc1cccc(CC(CC=O)C(=O)O)c1. The van der Waals surface area contributed by atoms with E-state index in [-0.39, 0.29) is 6.42 Å². The fourth-order valence-electron chi connectivity index (χ4n) is 1.47. The van der Waals surface area contributed by atoms with Crippen molar-refractivity contribution in [3.63, 3.8) is 0 Å². The Morgan fingerprint density at radius 1 is 1.56 bits per heavy atom. The largest absolute Gasteiger partial charge is 0.497 e. The standard InChI is InChI=1S/C12H14O4/c1-16-11-4-2-3-9(8-11)7-10(5-6-13)12(14)15/h2-4,6,8,10H,5,7H2,1H3,(H,14,15). The molecule has 1 unspecified atom stereocenters. The van der Waals surface area contributed by atoms with Crippen molar-refractivity contribution in [2.75, 3.05) is 7.11 Å². The summed E-state index contributed by atoms with van der Waals surface area (Å²) in [6, 6.07) is 7.19. The average Bonchev–Trinajstić information content (AvgIpc) is 2.28. The second-order valence-corrected chi connectivity index (χ2v) is 3.49. The van der Waals surface area contributed by atoms with E-state index in [0.29, 0.717) is 18.5 Å². The van der Waals surface area contributed by atoms with Crippen molar-refractivity contribution < 1.29 is 19.4 Å². The molecule has 0 saturated carbocycles. The number of aliphatic carboxylic acids is 1. The van der Waals surface area contributed by atoms with Crippen molar-refractivity contribution >= 4 is 12.3 Å². The van der Waals surface area contributed by atoms with Gasteiger partial charge in [0.25, 0.3) is 0 Å². The number of carboxylic acids is 1. The third kappa shape index (κ3) is 3.38. The Kier molecular flexibility index (Phi) is 4.51. The highest BCUT2D eigenvalue weighted by Crippen LogP contribution is 2.17. The molecule has 16 heavy (non-hydrogen) atoms. The lowest BCUT2D eigenvalue weighted by Crippen LogP contribution is -2.16. The minimum Gasteiger partial charge on any atom is -0.497 e. The van der Waals surface area contributed by atoms with Gasteiger partial charge < -0.3 is 14.6 Å². The van der Waals surface area contributed by atoms with Gasteiger partial charge in [0.1, 0.15) is 12.0 Å². The van der Waals surface area contributed by atoms with Gasteiger partial charge in [-0.2, -0.15) is 0 Å². The van der Waals surface area contributed by atoms with Crippen LogP contribution in [0.25, 0.3) is 0 Å². The third-order valence-corrected chi connectivity index (χ3v) is 2.35. The number of carbonyl (C=O) groups excluding carboxylic acids is 1. The van der Waals surface area contributed by atoms with Crippen molar-refractivity contribution in [3.05, 3.63) is 29.8 Å². The van der Waals surface area contributed by atoms with Crippen LogP contribution in [0.4, 0.5) is 0 Å². The number of carbonyl (C=O) groups is 2. The van der Waals surface area contributed by atoms with Crippen molar-refractivity contribution in [1.82, 2.24) is 0 Å². The maximum Gasteiger partial charge on any atom is 0.307 e. The summed E-state index contributed by atoms with van der Waals surface area (Å²) in [5, 5.41) is 8.90. The molecule has 1 aromatic rings. The number of rotatable bonds is 6. The number of hydrogen-bond acceptors (Lipinski definition) is 3. The first-order chi connectivity index (χ1) is 7.67. The lowest BCUT2D eigenvalue weighted by molar-refractivity contribution is -0.142. The van der Waals surface area contributed by atoms with Crippen LogP contribution >= 0.6 is 0 Å². The van der Waals surface area contributed by atoms with Crippen molar-refractivity contribution in [1.29, 1.82) is 0 Å². The molecule has 0 spiro atoms. The molecule has 1 N–H and O–H groups in total. The Morgan fingerprint density at radius 2 is 2.31 bits per heavy atom. The summed E-state index contributed by atoms with van der Waals surface area (Å²) in [4.78, 5) is 21.2. The maximum absolute atomic E-state index is 10.9. The first kappa shape index (κ1) is 12.2. The molecule has 1 rings (SSSR count). The van der Waals surface area contributed by atoms with Crippen LogP contribution in [0, 0.1) is 5.92 Å². The Bertz CT molecular complexity index is 373. The molecule has 0 saturated heterocycles. The molecule has 0 fully saturated rings. The molecular formula is C12H14O4. The van der Waals surface area contributed by atoms with Crippen LogP contribution in [-0.4, -0.2) is 24.5 Å². The molecule has 86 valence electrons. The molecule has 0 aliphatic carbocycles. The van der Waals surface area contributed by atoms with Gasteiger partial charge in [-0.25, -0.2) is 0 Å². The van der Waals surface area contributed by atoms with Crippen LogP contribution in [0.1, 0.15) is 12.0 Å². The Hall–Kier alpha value is -1.84. The molecule has 0 heterocycles. The highest BCUT2D eigenvalue weighted by molar-refractivity contribution is 5.73. The van der Waals surface area contributed by atoms with Gasteiger partial charge in [0.2, 0.25) is 0 Å². The van der Waals surface area contributed by atoms with Crippen molar-refractivity contribution in [2.24, 2.45) is 5.92 Å². The molecule has 0 aromatic heterocycles. The lowest BCUT2D eigenvalue weighted by atomic mass is 9.97. The molecule has 0 aliphatic heterocycles. The number of aldehydes is 1. The minimum atomic E-state index is -0.949. The Balaban J connectivity index is 2.76. The summed E-state index contributed by atoms with van der Waals surface area (Å²) in [5.41, 5.74) is 0.855. The first-order valence-electron chi connectivity index (χ1n) is 4.96. The summed E-state index contributed by atoms with van der Waals surface area (Å²) in [6.07, 6.45) is 1.01. The van der Waals surface area contributed by atoms with Gasteiger partial charge >= 0.3 is 5.97 Å². The van der Waals surface area contributed by atoms with Crippen LogP contribution in [-0.2, 0) is 16.0 Å². The van der Waals surface area contributed by atoms with Gasteiger partial charge in [-0.05, 0) is 24.1 Å². The topological polar surface area (TPSA) is 63.6 Å². The number of hydrogen-bond donors (Lipinski definition) is 1. The predicted octanol–water partition coefficient (Wildman–Crippen LogP) is 1.53. The quantitative estimate of drug-likeness (QED) is 0.741. The van der Waals surface area contributed by atoms with E-state index in [0.717, 1.165) is 5.56 Å². The molecule has 4 heteroatoms. The minimum absolute atomic E-state index is 0.0343. The molecule has 1 atom stereocenters. The number of methoxy groups -OCH3 is 1. The fraction of sp³-hybridized carbons (Fsp3) is 0.333. The number of carboxylic acid groups (broad SMARTS) is 1. The van der Waals surface area contributed by atoms with Gasteiger partial charge in [-0.1, -0.05) is 12.1 Å².